The van der Waals surface area contributed by atoms with Crippen LogP contribution in [0.5, 0.6) is 0 Å². The number of hydrogen-bond acceptors (Lipinski definition) is 11. The van der Waals surface area contributed by atoms with Gasteiger partial charge in [-0.1, -0.05) is 24.3 Å². The van der Waals surface area contributed by atoms with Gasteiger partial charge >= 0.3 is 23.9 Å². The fraction of sp³-hybridized carbons (Fsp3) is 0.476. The maximum absolute atomic E-state index is 12.1. The highest BCUT2D eigenvalue weighted by Gasteiger charge is 2.60. The number of carbonyl (C=O) groups is 5. The quantitative estimate of drug-likeness (QED) is 0.345. The molecule has 0 aromatic heterocycles. The zero-order valence-corrected chi connectivity index (χ0v) is 16.8. The lowest BCUT2D eigenvalue weighted by Gasteiger charge is -2.48. The molecule has 32 heavy (non-hydrogen) atoms. The van der Waals surface area contributed by atoms with Gasteiger partial charge in [-0.25, -0.2) is 0 Å². The molecule has 1 aromatic rings. The first-order valence-electron chi connectivity index (χ1n) is 11.8. The fourth-order valence-electron chi connectivity index (χ4n) is 3.17. The summed E-state index contributed by atoms with van der Waals surface area (Å²) >= 11 is 0. The van der Waals surface area contributed by atoms with Crippen molar-refractivity contribution < 1.29 is 58.2 Å². The molecule has 5 atom stereocenters. The number of benzene rings is 1. The molecule has 0 radical (unpaired) electrons. The van der Waals surface area contributed by atoms with Crippen molar-refractivity contribution in [2.75, 3.05) is 6.61 Å². The molecule has 1 N–H and O–H groups in total. The Hall–Kier alpha value is -3.31. The van der Waals surface area contributed by atoms with Crippen molar-refractivity contribution in [3.8, 4) is 0 Å². The number of rotatable bonds is 7. The minimum atomic E-state index is -2.67. The number of aldehydes is 1. The van der Waals surface area contributed by atoms with Gasteiger partial charge in [-0.05, 0) is 0 Å². The molecule has 1 aromatic carbocycles. The number of esters is 4. The van der Waals surface area contributed by atoms with Crippen molar-refractivity contribution in [3.63, 3.8) is 0 Å². The summed E-state index contributed by atoms with van der Waals surface area (Å²) in [6.07, 6.45) is -6.60. The van der Waals surface area contributed by atoms with E-state index >= 15 is 0 Å². The van der Waals surface area contributed by atoms with Crippen molar-refractivity contribution in [1.82, 2.24) is 0 Å². The van der Waals surface area contributed by atoms with Gasteiger partial charge in [-0.3, -0.25) is 24.0 Å². The lowest BCUT2D eigenvalue weighted by molar-refractivity contribution is -0.360. The average molecular weight is 456 g/mol. The van der Waals surface area contributed by atoms with Crippen LogP contribution >= 0.6 is 0 Å². The zero-order chi connectivity index (χ0) is 26.9. The Labute approximate surface area is 189 Å². The van der Waals surface area contributed by atoms with Gasteiger partial charge in [0, 0.05) is 44.2 Å². The van der Waals surface area contributed by atoms with E-state index in [0.717, 1.165) is 0 Å². The van der Waals surface area contributed by atoms with Gasteiger partial charge in [0.15, 0.2) is 12.2 Å². The molecule has 174 valence electrons. The molecule has 0 saturated carbocycles. The molecule has 11 nitrogen and oxygen atoms in total. The minimum Gasteiger partial charge on any atom is -0.463 e. The molecule has 2 rings (SSSR count). The lowest BCUT2D eigenvalue weighted by atomic mass is 9.87. The van der Waals surface area contributed by atoms with Crippen LogP contribution in [0.1, 0.15) is 49.0 Å². The number of aliphatic hydroxyl groups is 1. The Morgan fingerprint density at radius 3 is 2.09 bits per heavy atom. The van der Waals surface area contributed by atoms with E-state index in [1.165, 1.54) is 24.3 Å². The van der Waals surface area contributed by atoms with Crippen molar-refractivity contribution in [2.45, 2.75) is 57.8 Å². The van der Waals surface area contributed by atoms with Gasteiger partial charge in [0.1, 0.15) is 19.0 Å². The predicted octanol–water partition coefficient (Wildman–Crippen LogP) is 0.401. The Morgan fingerprint density at radius 2 is 1.53 bits per heavy atom. The molecular weight excluding hydrogens is 428 g/mol. The van der Waals surface area contributed by atoms with Crippen LogP contribution in [0.25, 0.3) is 0 Å². The fourth-order valence-corrected chi connectivity index (χ4v) is 3.17. The van der Waals surface area contributed by atoms with E-state index in [0.29, 0.717) is 6.29 Å². The molecule has 1 fully saturated rings. The van der Waals surface area contributed by atoms with Gasteiger partial charge in [-0.15, -0.1) is 0 Å². The molecule has 1 aliphatic heterocycles. The molecule has 1 saturated heterocycles. The molecule has 1 heterocycles. The van der Waals surface area contributed by atoms with E-state index in [9.17, 15) is 29.1 Å². The normalized spacial score (nSPS) is 28.7. The van der Waals surface area contributed by atoms with E-state index < -0.39 is 88.3 Å². The number of hydrogen-bond donors (Lipinski definition) is 1. The lowest BCUT2D eigenvalue weighted by Crippen LogP contribution is -2.66. The molecule has 0 bridgehead atoms. The monoisotopic (exact) mass is 456 g/mol. The van der Waals surface area contributed by atoms with Gasteiger partial charge in [0.25, 0.3) is 0 Å². The molecule has 1 unspecified atom stereocenters. The average Bonchev–Trinajstić information content (AvgIpc) is 2.90. The first-order valence-corrected chi connectivity index (χ1v) is 9.00. The second-order valence-electron chi connectivity index (χ2n) is 6.60. The molecule has 0 aliphatic carbocycles. The summed E-state index contributed by atoms with van der Waals surface area (Å²) in [5.41, 5.74) is 0.0862. The second kappa shape index (κ2) is 10.3. The van der Waals surface area contributed by atoms with Gasteiger partial charge in [0.2, 0.25) is 11.9 Å². The van der Waals surface area contributed by atoms with Crippen molar-refractivity contribution in [2.24, 2.45) is 0 Å². The van der Waals surface area contributed by atoms with Crippen LogP contribution in [0.2, 0.25) is 0 Å². The highest BCUT2D eigenvalue weighted by molar-refractivity contribution is 5.74. The van der Waals surface area contributed by atoms with Crippen LogP contribution in [0.3, 0.4) is 0 Å². The van der Waals surface area contributed by atoms with E-state index in [2.05, 4.69) is 0 Å². The van der Waals surface area contributed by atoms with E-state index in [-0.39, 0.29) is 11.1 Å². The third-order valence-corrected chi connectivity index (χ3v) is 4.37. The Morgan fingerprint density at radius 1 is 0.969 bits per heavy atom. The Kier molecular flexibility index (Phi) is 6.26. The standard InChI is InChI=1S/C21H24O11/c1-11(23)28-10-17-18(29-12(2)24)19(30-13(3)25)20(31-14(4)26)21(27,32-17)16-7-5-15(9-22)6-8-16/h5-9,17-20,27H,10H2,1-4H3/t17-,18-,19+,20-,21?/m1/s1/i1D,2D,3D,4D. The Balaban J connectivity index is 2.67. The first-order chi connectivity index (χ1) is 17.1. The first kappa shape index (κ1) is 19.4. The summed E-state index contributed by atoms with van der Waals surface area (Å²) in [6.45, 7) is -4.22. The minimum absolute atomic E-state index is 0.120. The predicted molar refractivity (Wildman–Crippen MR) is 104 cm³/mol. The smallest absolute Gasteiger partial charge is 0.303 e. The topological polar surface area (TPSA) is 152 Å². The maximum Gasteiger partial charge on any atom is 0.303 e. The van der Waals surface area contributed by atoms with Crippen LogP contribution in [0.4, 0.5) is 0 Å². The third-order valence-electron chi connectivity index (χ3n) is 4.37. The van der Waals surface area contributed by atoms with Crippen molar-refractivity contribution in [3.05, 3.63) is 35.4 Å². The summed E-state index contributed by atoms with van der Waals surface area (Å²) in [6, 6.07) is 5.05. The van der Waals surface area contributed by atoms with Crippen molar-refractivity contribution in [1.29, 1.82) is 0 Å². The number of ether oxygens (including phenoxy) is 5. The van der Waals surface area contributed by atoms with Gasteiger partial charge in [0.05, 0.1) is 0 Å². The van der Waals surface area contributed by atoms with Gasteiger partial charge < -0.3 is 28.8 Å². The van der Waals surface area contributed by atoms with E-state index in [1.54, 1.807) is 0 Å². The van der Waals surface area contributed by atoms with Crippen LogP contribution in [-0.4, -0.2) is 66.3 Å². The summed E-state index contributed by atoms with van der Waals surface area (Å²) in [5, 5.41) is 11.6. The summed E-state index contributed by atoms with van der Waals surface area (Å²) in [4.78, 5) is 58.8. The van der Waals surface area contributed by atoms with Crippen LogP contribution < -0.4 is 0 Å². The third kappa shape index (κ3) is 5.89. The Bertz CT molecular complexity index is 958. The van der Waals surface area contributed by atoms with Crippen LogP contribution in [0, 0.1) is 0 Å². The molecule has 0 amide bonds. The molecule has 1 aliphatic rings. The second-order valence-corrected chi connectivity index (χ2v) is 6.60. The SMILES string of the molecule is [2H]CC(=O)OC[C@H]1OC(O)(c2ccc(C=O)cc2)[C@H](OC(=O)C[2H])[C@@H](OC(=O)C[2H])[C@@H]1OC(=O)C[2H]. The van der Waals surface area contributed by atoms with Crippen molar-refractivity contribution >= 4 is 30.2 Å². The highest BCUT2D eigenvalue weighted by Crippen LogP contribution is 2.40. The summed E-state index contributed by atoms with van der Waals surface area (Å²) in [7, 11) is 0. The van der Waals surface area contributed by atoms with E-state index in [1.807, 2.05) is 0 Å². The van der Waals surface area contributed by atoms with Crippen LogP contribution in [0.15, 0.2) is 24.3 Å². The maximum atomic E-state index is 12.1. The van der Waals surface area contributed by atoms with Gasteiger partial charge in [-0.2, -0.15) is 0 Å². The molecular formula is C21H24O11. The summed E-state index contributed by atoms with van der Waals surface area (Å²) < 4.78 is 55.0. The zero-order valence-electron chi connectivity index (χ0n) is 20.8. The largest absolute Gasteiger partial charge is 0.463 e. The highest BCUT2D eigenvalue weighted by atomic mass is 16.7. The molecule has 11 heteroatoms. The van der Waals surface area contributed by atoms with E-state index in [4.69, 9.17) is 29.2 Å². The number of carbonyl (C=O) groups excluding carboxylic acids is 5. The molecule has 0 spiro atoms. The van der Waals surface area contributed by atoms with Crippen LogP contribution in [-0.2, 0) is 48.6 Å². The summed E-state index contributed by atoms with van der Waals surface area (Å²) in [5.74, 6) is -7.19.